The summed E-state index contributed by atoms with van der Waals surface area (Å²) in [4.78, 5) is 15.4. The quantitative estimate of drug-likeness (QED) is 0.757. The van der Waals surface area contributed by atoms with Crippen molar-refractivity contribution in [2.24, 2.45) is 0 Å². The van der Waals surface area contributed by atoms with Crippen LogP contribution in [0.4, 0.5) is 0 Å². The highest BCUT2D eigenvalue weighted by atomic mass is 16.5. The van der Waals surface area contributed by atoms with Crippen LogP contribution in [0, 0.1) is 0 Å². The largest absolute Gasteiger partial charge is 0.497 e. The molecule has 0 saturated heterocycles. The number of aromatic nitrogens is 1. The summed E-state index contributed by atoms with van der Waals surface area (Å²) < 4.78 is 5.09. The van der Waals surface area contributed by atoms with E-state index in [1.54, 1.807) is 19.4 Å². The molecule has 0 fully saturated rings. The van der Waals surface area contributed by atoms with Gasteiger partial charge in [-0.1, -0.05) is 0 Å². The van der Waals surface area contributed by atoms with Crippen molar-refractivity contribution in [1.82, 2.24) is 4.98 Å². The van der Waals surface area contributed by atoms with Crippen LogP contribution in [0.2, 0.25) is 0 Å². The Morgan fingerprint density at radius 1 is 1.12 bits per heavy atom. The maximum absolute atomic E-state index is 11.1. The van der Waals surface area contributed by atoms with Crippen LogP contribution in [0.5, 0.6) is 5.75 Å². The van der Waals surface area contributed by atoms with E-state index in [2.05, 4.69) is 4.98 Å². The number of methoxy groups -OCH3 is 1. The van der Waals surface area contributed by atoms with Crippen molar-refractivity contribution in [2.45, 2.75) is 6.92 Å². The average molecular weight is 227 g/mol. The van der Waals surface area contributed by atoms with Gasteiger partial charge in [0.2, 0.25) is 0 Å². The molecule has 1 heterocycles. The Bertz CT molecular complexity index is 515. The first-order valence-electron chi connectivity index (χ1n) is 5.32. The molecule has 3 heteroatoms. The second kappa shape index (κ2) is 4.78. The number of ketones is 1. The Morgan fingerprint density at radius 3 is 2.29 bits per heavy atom. The number of benzene rings is 1. The van der Waals surface area contributed by atoms with Crippen LogP contribution in [0.25, 0.3) is 11.3 Å². The average Bonchev–Trinajstić information content (AvgIpc) is 2.39. The van der Waals surface area contributed by atoms with Crippen LogP contribution in [0.3, 0.4) is 0 Å². The summed E-state index contributed by atoms with van der Waals surface area (Å²) in [5.41, 5.74) is 2.47. The molecular weight excluding hydrogens is 214 g/mol. The predicted molar refractivity (Wildman–Crippen MR) is 66.2 cm³/mol. The Hall–Kier alpha value is -2.16. The molecule has 1 aromatic carbocycles. The first kappa shape index (κ1) is 11.3. The highest BCUT2D eigenvalue weighted by Gasteiger charge is 2.02. The van der Waals surface area contributed by atoms with Crippen molar-refractivity contribution >= 4 is 5.78 Å². The minimum absolute atomic E-state index is 0.0266. The van der Waals surface area contributed by atoms with Gasteiger partial charge in [0.25, 0.3) is 0 Å². The van der Waals surface area contributed by atoms with Gasteiger partial charge in [-0.15, -0.1) is 0 Å². The minimum atomic E-state index is 0.0266. The smallest absolute Gasteiger partial charge is 0.161 e. The predicted octanol–water partition coefficient (Wildman–Crippen LogP) is 2.96. The summed E-state index contributed by atoms with van der Waals surface area (Å²) in [5, 5.41) is 0. The van der Waals surface area contributed by atoms with Gasteiger partial charge in [0.1, 0.15) is 5.75 Å². The number of Topliss-reactive ketones (excluding diaryl/α,β-unsaturated/α-hetero) is 1. The monoisotopic (exact) mass is 227 g/mol. The molecule has 3 nitrogen and oxygen atoms in total. The fourth-order valence-electron chi connectivity index (χ4n) is 1.53. The van der Waals surface area contributed by atoms with E-state index >= 15 is 0 Å². The molecule has 1 aromatic heterocycles. The molecule has 2 rings (SSSR count). The summed E-state index contributed by atoms with van der Waals surface area (Å²) in [7, 11) is 1.63. The highest BCUT2D eigenvalue weighted by molar-refractivity contribution is 5.93. The SMILES string of the molecule is COc1ccc(-c2ccc(C(C)=O)cn2)cc1. The van der Waals surface area contributed by atoms with Crippen LogP contribution in [-0.2, 0) is 0 Å². The van der Waals surface area contributed by atoms with E-state index in [9.17, 15) is 4.79 Å². The lowest BCUT2D eigenvalue weighted by atomic mass is 10.1. The maximum atomic E-state index is 11.1. The number of hydrogen-bond donors (Lipinski definition) is 0. The number of rotatable bonds is 3. The third-order valence-electron chi connectivity index (χ3n) is 2.56. The molecule has 0 amide bonds. The zero-order valence-corrected chi connectivity index (χ0v) is 9.81. The number of carbonyl (C=O) groups excluding carboxylic acids is 1. The topological polar surface area (TPSA) is 39.2 Å². The Balaban J connectivity index is 2.29. The molecule has 2 aromatic rings. The van der Waals surface area contributed by atoms with E-state index in [0.29, 0.717) is 5.56 Å². The Morgan fingerprint density at radius 2 is 1.82 bits per heavy atom. The highest BCUT2D eigenvalue weighted by Crippen LogP contribution is 2.20. The second-order valence-electron chi connectivity index (χ2n) is 3.72. The molecule has 86 valence electrons. The van der Waals surface area contributed by atoms with E-state index in [1.165, 1.54) is 6.92 Å². The minimum Gasteiger partial charge on any atom is -0.497 e. The van der Waals surface area contributed by atoms with Gasteiger partial charge in [0.05, 0.1) is 12.8 Å². The second-order valence-corrected chi connectivity index (χ2v) is 3.72. The van der Waals surface area contributed by atoms with Gasteiger partial charge < -0.3 is 4.74 Å². The molecule has 0 N–H and O–H groups in total. The molecule has 0 atom stereocenters. The van der Waals surface area contributed by atoms with Crippen LogP contribution < -0.4 is 4.74 Å². The summed E-state index contributed by atoms with van der Waals surface area (Å²) >= 11 is 0. The molecular formula is C14H13NO2. The van der Waals surface area contributed by atoms with Crippen molar-refractivity contribution in [3.05, 3.63) is 48.2 Å². The van der Waals surface area contributed by atoms with Crippen molar-refractivity contribution < 1.29 is 9.53 Å². The number of nitrogens with zero attached hydrogens (tertiary/aromatic N) is 1. The number of hydrogen-bond acceptors (Lipinski definition) is 3. The lowest BCUT2D eigenvalue weighted by molar-refractivity contribution is 0.101. The van der Waals surface area contributed by atoms with Crippen LogP contribution in [0.1, 0.15) is 17.3 Å². The number of pyridine rings is 1. The van der Waals surface area contributed by atoms with Gasteiger partial charge in [0.15, 0.2) is 5.78 Å². The van der Waals surface area contributed by atoms with Gasteiger partial charge in [0, 0.05) is 17.3 Å². The first-order chi connectivity index (χ1) is 8.20. The van der Waals surface area contributed by atoms with E-state index in [4.69, 9.17) is 4.74 Å². The molecule has 0 saturated carbocycles. The molecule has 0 unspecified atom stereocenters. The Labute approximate surface area is 100 Å². The van der Waals surface area contributed by atoms with Gasteiger partial charge >= 0.3 is 0 Å². The van der Waals surface area contributed by atoms with Gasteiger partial charge in [-0.25, -0.2) is 0 Å². The van der Waals surface area contributed by atoms with E-state index in [1.807, 2.05) is 30.3 Å². The summed E-state index contributed by atoms with van der Waals surface area (Å²) in [6, 6.07) is 11.3. The lowest BCUT2D eigenvalue weighted by Crippen LogP contribution is -1.93. The fraction of sp³-hybridized carbons (Fsp3) is 0.143. The first-order valence-corrected chi connectivity index (χ1v) is 5.32. The third kappa shape index (κ3) is 2.50. The molecule has 17 heavy (non-hydrogen) atoms. The summed E-state index contributed by atoms with van der Waals surface area (Å²) in [6.07, 6.45) is 1.60. The van der Waals surface area contributed by atoms with E-state index in [0.717, 1.165) is 17.0 Å². The molecule has 0 radical (unpaired) electrons. The van der Waals surface area contributed by atoms with E-state index < -0.39 is 0 Å². The molecule has 0 aliphatic carbocycles. The van der Waals surface area contributed by atoms with Gasteiger partial charge in [-0.2, -0.15) is 0 Å². The summed E-state index contributed by atoms with van der Waals surface area (Å²) in [6.45, 7) is 1.53. The molecule has 0 spiro atoms. The third-order valence-corrected chi connectivity index (χ3v) is 2.56. The summed E-state index contributed by atoms with van der Waals surface area (Å²) in [5.74, 6) is 0.841. The normalized spacial score (nSPS) is 10.0. The van der Waals surface area contributed by atoms with E-state index in [-0.39, 0.29) is 5.78 Å². The number of carbonyl (C=O) groups is 1. The molecule has 0 aliphatic heterocycles. The van der Waals surface area contributed by atoms with Crippen molar-refractivity contribution in [3.8, 4) is 17.0 Å². The standard InChI is InChI=1S/C14H13NO2/c1-10(16)12-5-8-14(15-9-12)11-3-6-13(17-2)7-4-11/h3-9H,1-2H3. The zero-order valence-electron chi connectivity index (χ0n) is 9.81. The lowest BCUT2D eigenvalue weighted by Gasteiger charge is -2.03. The van der Waals surface area contributed by atoms with Crippen LogP contribution >= 0.6 is 0 Å². The van der Waals surface area contributed by atoms with Crippen molar-refractivity contribution in [1.29, 1.82) is 0 Å². The van der Waals surface area contributed by atoms with Crippen LogP contribution in [-0.4, -0.2) is 17.9 Å². The Kier molecular flexibility index (Phi) is 3.19. The molecule has 0 bridgehead atoms. The van der Waals surface area contributed by atoms with Crippen LogP contribution in [0.15, 0.2) is 42.6 Å². The molecule has 0 aliphatic rings. The maximum Gasteiger partial charge on any atom is 0.161 e. The van der Waals surface area contributed by atoms with Gasteiger partial charge in [-0.05, 0) is 43.3 Å². The zero-order chi connectivity index (χ0) is 12.3. The number of ether oxygens (including phenoxy) is 1. The van der Waals surface area contributed by atoms with Crippen molar-refractivity contribution in [2.75, 3.05) is 7.11 Å². The van der Waals surface area contributed by atoms with Gasteiger partial charge in [-0.3, -0.25) is 9.78 Å². The van der Waals surface area contributed by atoms with Crippen molar-refractivity contribution in [3.63, 3.8) is 0 Å². The fourth-order valence-corrected chi connectivity index (χ4v) is 1.53.